The Bertz CT molecular complexity index is 785. The summed E-state index contributed by atoms with van der Waals surface area (Å²) in [6.07, 6.45) is -10.8. The van der Waals surface area contributed by atoms with Gasteiger partial charge in [0.1, 0.15) is 5.82 Å². The summed E-state index contributed by atoms with van der Waals surface area (Å²) < 4.78 is 67.1. The van der Waals surface area contributed by atoms with Crippen LogP contribution in [0.15, 0.2) is 42.5 Å². The first kappa shape index (κ1) is 20.6. The number of carboxylic acid groups (broad SMARTS) is 1. The molecule has 0 fully saturated rings. The van der Waals surface area contributed by atoms with E-state index in [0.717, 1.165) is 18.2 Å². The second kappa shape index (κ2) is 8.30. The van der Waals surface area contributed by atoms with E-state index in [4.69, 9.17) is 0 Å². The van der Waals surface area contributed by atoms with Crippen LogP contribution in [-0.4, -0.2) is 33.7 Å². The number of carboxylic acids is 1. The number of hydrogen-bond acceptors (Lipinski definition) is 4. The number of hydrogen-bond donors (Lipinski definition) is 2. The minimum absolute atomic E-state index is 0.0777. The number of aliphatic carboxylic acids is 1. The van der Waals surface area contributed by atoms with Gasteiger partial charge in [-0.25, -0.2) is 9.37 Å². The third-order valence-electron chi connectivity index (χ3n) is 3.61. The fraction of sp³-hybridized carbons (Fsp3) is 0.294. The zero-order valence-corrected chi connectivity index (χ0v) is 13.5. The standard InChI is InChI=1S/C17H14F5NO4/c18-10-6-4-9(5-7-10)14(24)12(15(25)26)8-11-2-1-3-13(23-11)27-17(21,22)16(19)20/h1-7,12,14,16,24H,8H2,(H,25,26). The summed E-state index contributed by atoms with van der Waals surface area (Å²) in [5.41, 5.74) is 0.0477. The lowest BCUT2D eigenvalue weighted by molar-refractivity contribution is -0.254. The highest BCUT2D eigenvalue weighted by atomic mass is 19.3. The van der Waals surface area contributed by atoms with Gasteiger partial charge in [0.2, 0.25) is 5.88 Å². The Morgan fingerprint density at radius 1 is 1.15 bits per heavy atom. The Morgan fingerprint density at radius 3 is 2.33 bits per heavy atom. The van der Waals surface area contributed by atoms with Gasteiger partial charge in [-0.15, -0.1) is 0 Å². The lowest BCUT2D eigenvalue weighted by Crippen LogP contribution is -2.33. The molecule has 1 aromatic carbocycles. The summed E-state index contributed by atoms with van der Waals surface area (Å²) >= 11 is 0. The van der Waals surface area contributed by atoms with Crippen LogP contribution in [0.4, 0.5) is 22.0 Å². The third-order valence-corrected chi connectivity index (χ3v) is 3.61. The smallest absolute Gasteiger partial charge is 0.462 e. The maximum atomic E-state index is 13.0. The SMILES string of the molecule is O=C(O)C(Cc1cccc(OC(F)(F)C(F)F)n1)C(O)c1ccc(F)cc1. The molecule has 0 aliphatic heterocycles. The van der Waals surface area contributed by atoms with Crippen molar-refractivity contribution in [3.05, 3.63) is 59.5 Å². The molecule has 2 aromatic rings. The molecule has 0 aliphatic carbocycles. The molecule has 2 unspecified atom stereocenters. The number of carbonyl (C=O) groups is 1. The Morgan fingerprint density at radius 2 is 1.78 bits per heavy atom. The third kappa shape index (κ3) is 5.36. The molecular formula is C17H14F5NO4. The van der Waals surface area contributed by atoms with Crippen LogP contribution in [-0.2, 0) is 11.2 Å². The van der Waals surface area contributed by atoms with Crippen molar-refractivity contribution in [1.82, 2.24) is 4.98 Å². The molecule has 0 radical (unpaired) electrons. The molecule has 1 aromatic heterocycles. The van der Waals surface area contributed by atoms with E-state index in [1.165, 1.54) is 24.3 Å². The van der Waals surface area contributed by atoms with Crippen LogP contribution >= 0.6 is 0 Å². The number of benzene rings is 1. The topological polar surface area (TPSA) is 79.7 Å². The van der Waals surface area contributed by atoms with Crippen molar-refractivity contribution in [3.8, 4) is 5.88 Å². The minimum atomic E-state index is -4.76. The van der Waals surface area contributed by atoms with E-state index >= 15 is 0 Å². The number of aliphatic hydroxyl groups excluding tert-OH is 1. The van der Waals surface area contributed by atoms with Gasteiger partial charge < -0.3 is 14.9 Å². The van der Waals surface area contributed by atoms with E-state index in [1.807, 2.05) is 0 Å². The first-order chi connectivity index (χ1) is 12.6. The zero-order valence-electron chi connectivity index (χ0n) is 13.5. The van der Waals surface area contributed by atoms with Crippen LogP contribution in [0.2, 0.25) is 0 Å². The molecule has 0 bridgehead atoms. The van der Waals surface area contributed by atoms with E-state index < -0.39 is 48.6 Å². The van der Waals surface area contributed by atoms with Gasteiger partial charge in [-0.05, 0) is 23.8 Å². The number of halogens is 5. The summed E-state index contributed by atoms with van der Waals surface area (Å²) in [4.78, 5) is 15.1. The maximum absolute atomic E-state index is 13.0. The fourth-order valence-electron chi connectivity index (χ4n) is 2.26. The Balaban J connectivity index is 2.20. The van der Waals surface area contributed by atoms with E-state index in [0.29, 0.717) is 0 Å². The van der Waals surface area contributed by atoms with Gasteiger partial charge in [0, 0.05) is 18.2 Å². The molecule has 0 saturated carbocycles. The summed E-state index contributed by atoms with van der Waals surface area (Å²) in [7, 11) is 0. The van der Waals surface area contributed by atoms with E-state index in [2.05, 4.69) is 9.72 Å². The molecule has 27 heavy (non-hydrogen) atoms. The number of ether oxygens (including phenoxy) is 1. The minimum Gasteiger partial charge on any atom is -0.481 e. The molecule has 0 spiro atoms. The second-order valence-corrected chi connectivity index (χ2v) is 5.58. The van der Waals surface area contributed by atoms with Crippen LogP contribution < -0.4 is 4.74 Å². The van der Waals surface area contributed by atoms with Gasteiger partial charge >= 0.3 is 18.5 Å². The first-order valence-corrected chi connectivity index (χ1v) is 7.57. The van der Waals surface area contributed by atoms with Crippen LogP contribution in [0.1, 0.15) is 17.4 Å². The van der Waals surface area contributed by atoms with Crippen molar-refractivity contribution in [1.29, 1.82) is 0 Å². The fourth-order valence-corrected chi connectivity index (χ4v) is 2.26. The molecule has 0 amide bonds. The Kier molecular flexibility index (Phi) is 6.32. The summed E-state index contributed by atoms with van der Waals surface area (Å²) in [6.45, 7) is 0. The molecular weight excluding hydrogens is 377 g/mol. The molecule has 10 heteroatoms. The zero-order chi connectivity index (χ0) is 20.2. The van der Waals surface area contributed by atoms with Crippen LogP contribution in [0.5, 0.6) is 5.88 Å². The van der Waals surface area contributed by atoms with Gasteiger partial charge in [-0.1, -0.05) is 18.2 Å². The highest BCUT2D eigenvalue weighted by Crippen LogP contribution is 2.28. The molecule has 2 atom stereocenters. The monoisotopic (exact) mass is 391 g/mol. The Hall–Kier alpha value is -2.75. The lowest BCUT2D eigenvalue weighted by Gasteiger charge is -2.20. The number of aromatic nitrogens is 1. The van der Waals surface area contributed by atoms with Gasteiger partial charge in [-0.3, -0.25) is 4.79 Å². The number of rotatable bonds is 8. The quantitative estimate of drug-likeness (QED) is 0.674. The summed E-state index contributed by atoms with van der Waals surface area (Å²) in [6, 6.07) is 7.82. The van der Waals surface area contributed by atoms with Crippen molar-refractivity contribution < 1.29 is 41.7 Å². The summed E-state index contributed by atoms with van der Waals surface area (Å²) in [5, 5.41) is 19.6. The van der Waals surface area contributed by atoms with Crippen molar-refractivity contribution in [2.45, 2.75) is 25.1 Å². The molecule has 2 rings (SSSR count). The Labute approximate surface area is 150 Å². The summed E-state index contributed by atoms with van der Waals surface area (Å²) in [5.74, 6) is -4.27. The predicted octanol–water partition coefficient (Wildman–Crippen LogP) is 3.43. The number of alkyl halides is 4. The van der Waals surface area contributed by atoms with Crippen LogP contribution in [0.25, 0.3) is 0 Å². The molecule has 0 aliphatic rings. The van der Waals surface area contributed by atoms with Crippen molar-refractivity contribution in [2.24, 2.45) is 5.92 Å². The average molecular weight is 391 g/mol. The van der Waals surface area contributed by atoms with Gasteiger partial charge in [0.15, 0.2) is 0 Å². The molecule has 5 nitrogen and oxygen atoms in total. The number of nitrogens with zero attached hydrogens (tertiary/aromatic N) is 1. The van der Waals surface area contributed by atoms with Crippen LogP contribution in [0, 0.1) is 11.7 Å². The highest BCUT2D eigenvalue weighted by Gasteiger charge is 2.44. The number of aliphatic hydroxyl groups is 1. The molecule has 146 valence electrons. The van der Waals surface area contributed by atoms with Gasteiger partial charge in [0.25, 0.3) is 0 Å². The average Bonchev–Trinajstić information content (AvgIpc) is 2.59. The molecule has 2 N–H and O–H groups in total. The predicted molar refractivity (Wildman–Crippen MR) is 82.0 cm³/mol. The molecule has 1 heterocycles. The van der Waals surface area contributed by atoms with E-state index in [-0.39, 0.29) is 11.3 Å². The van der Waals surface area contributed by atoms with Crippen molar-refractivity contribution >= 4 is 5.97 Å². The lowest BCUT2D eigenvalue weighted by atomic mass is 9.91. The van der Waals surface area contributed by atoms with Crippen molar-refractivity contribution in [3.63, 3.8) is 0 Å². The van der Waals surface area contributed by atoms with Gasteiger partial charge in [0.05, 0.1) is 12.0 Å². The van der Waals surface area contributed by atoms with E-state index in [9.17, 15) is 37.0 Å². The molecule has 0 saturated heterocycles. The highest BCUT2D eigenvalue weighted by molar-refractivity contribution is 5.71. The normalized spacial score (nSPS) is 14.0. The number of pyridine rings is 1. The maximum Gasteiger partial charge on any atom is 0.462 e. The second-order valence-electron chi connectivity index (χ2n) is 5.58. The van der Waals surface area contributed by atoms with Gasteiger partial charge in [-0.2, -0.15) is 17.6 Å². The van der Waals surface area contributed by atoms with Crippen molar-refractivity contribution in [2.75, 3.05) is 0 Å². The largest absolute Gasteiger partial charge is 0.481 e. The van der Waals surface area contributed by atoms with Crippen LogP contribution in [0.3, 0.4) is 0 Å². The van der Waals surface area contributed by atoms with E-state index in [1.54, 1.807) is 0 Å². The first-order valence-electron chi connectivity index (χ1n) is 7.57.